The van der Waals surface area contributed by atoms with Crippen molar-refractivity contribution in [2.24, 2.45) is 0 Å². The highest BCUT2D eigenvalue weighted by molar-refractivity contribution is 5.09. The summed E-state index contributed by atoms with van der Waals surface area (Å²) >= 11 is 0. The molecule has 2 nitrogen and oxygen atoms in total. The van der Waals surface area contributed by atoms with Gasteiger partial charge in [-0.3, -0.25) is 9.80 Å². The Labute approximate surface area is 75.4 Å². The fourth-order valence-corrected chi connectivity index (χ4v) is 0.927. The van der Waals surface area contributed by atoms with E-state index in [-0.39, 0.29) is 0 Å². The van der Waals surface area contributed by atoms with Gasteiger partial charge in [-0.2, -0.15) is 26.3 Å². The zero-order valence-corrected chi connectivity index (χ0v) is 7.16. The van der Waals surface area contributed by atoms with Gasteiger partial charge in [0.15, 0.2) is 0 Å². The fraction of sp³-hybridized carbons (Fsp3) is 0.667. The summed E-state index contributed by atoms with van der Waals surface area (Å²) in [7, 11) is 0.686. The Kier molecular flexibility index (Phi) is 2.13. The number of halogens is 6. The van der Waals surface area contributed by atoms with Crippen LogP contribution in [-0.2, 0) is 0 Å². The standard InChI is InChI=1S/C6H6F6N2/c1-13-3(7)4(8)14(2)6(11,12)5(13,9)10/h1-2H3. The number of hydrogen-bond donors (Lipinski definition) is 0. The molecule has 14 heavy (non-hydrogen) atoms. The van der Waals surface area contributed by atoms with Gasteiger partial charge in [-0.05, 0) is 0 Å². The van der Waals surface area contributed by atoms with E-state index in [1.807, 2.05) is 0 Å². The first kappa shape index (κ1) is 11.0. The predicted octanol–water partition coefficient (Wildman–Crippen LogP) is 2.11. The maximum Gasteiger partial charge on any atom is 0.410 e. The molecule has 0 amide bonds. The van der Waals surface area contributed by atoms with E-state index in [0.29, 0.717) is 14.1 Å². The maximum absolute atomic E-state index is 12.7. The quantitative estimate of drug-likeness (QED) is 0.455. The van der Waals surface area contributed by atoms with Gasteiger partial charge in [0.05, 0.1) is 0 Å². The van der Waals surface area contributed by atoms with Crippen LogP contribution in [0.1, 0.15) is 0 Å². The molecule has 0 unspecified atom stereocenters. The van der Waals surface area contributed by atoms with E-state index in [4.69, 9.17) is 0 Å². The molecule has 0 saturated carbocycles. The van der Waals surface area contributed by atoms with Crippen molar-refractivity contribution in [3.05, 3.63) is 11.9 Å². The largest absolute Gasteiger partial charge is 0.410 e. The molecule has 8 heteroatoms. The molecule has 0 fully saturated rings. The molecular formula is C6H6F6N2. The molecule has 0 radical (unpaired) electrons. The highest BCUT2D eigenvalue weighted by atomic mass is 19.3. The Bertz CT molecular complexity index is 258. The lowest BCUT2D eigenvalue weighted by Gasteiger charge is -2.42. The van der Waals surface area contributed by atoms with Crippen LogP contribution >= 0.6 is 0 Å². The number of alkyl halides is 4. The molecule has 0 spiro atoms. The minimum absolute atomic E-state index is 0.343. The topological polar surface area (TPSA) is 6.48 Å². The van der Waals surface area contributed by atoms with Gasteiger partial charge in [0, 0.05) is 14.1 Å². The van der Waals surface area contributed by atoms with Crippen molar-refractivity contribution in [2.75, 3.05) is 14.1 Å². The van der Waals surface area contributed by atoms with Crippen LogP contribution in [0, 0.1) is 0 Å². The lowest BCUT2D eigenvalue weighted by Crippen LogP contribution is -2.62. The summed E-state index contributed by atoms with van der Waals surface area (Å²) in [6.07, 6.45) is 0. The third kappa shape index (κ3) is 1.05. The zero-order chi connectivity index (χ0) is 11.3. The van der Waals surface area contributed by atoms with Crippen molar-refractivity contribution < 1.29 is 26.3 Å². The lowest BCUT2D eigenvalue weighted by atomic mass is 10.3. The van der Waals surface area contributed by atoms with Crippen LogP contribution in [0.2, 0.25) is 0 Å². The van der Waals surface area contributed by atoms with Crippen LogP contribution < -0.4 is 0 Å². The zero-order valence-electron chi connectivity index (χ0n) is 7.16. The van der Waals surface area contributed by atoms with E-state index < -0.39 is 33.8 Å². The van der Waals surface area contributed by atoms with Gasteiger partial charge in [-0.15, -0.1) is 0 Å². The minimum Gasteiger partial charge on any atom is -0.282 e. The molecule has 0 atom stereocenters. The number of likely N-dealkylation sites (N-methyl/N-ethyl adjacent to an activating group) is 2. The van der Waals surface area contributed by atoms with Crippen molar-refractivity contribution in [1.29, 1.82) is 0 Å². The summed E-state index contributed by atoms with van der Waals surface area (Å²) in [6.45, 7) is 0. The summed E-state index contributed by atoms with van der Waals surface area (Å²) in [5, 5.41) is 0. The highest BCUT2D eigenvalue weighted by Crippen LogP contribution is 2.46. The highest BCUT2D eigenvalue weighted by Gasteiger charge is 2.67. The van der Waals surface area contributed by atoms with Crippen molar-refractivity contribution in [1.82, 2.24) is 9.80 Å². The van der Waals surface area contributed by atoms with Gasteiger partial charge in [0.2, 0.25) is 11.9 Å². The van der Waals surface area contributed by atoms with E-state index >= 15 is 0 Å². The first-order valence-corrected chi connectivity index (χ1v) is 3.42. The second-order valence-electron chi connectivity index (χ2n) is 2.78. The van der Waals surface area contributed by atoms with Crippen LogP contribution in [0.15, 0.2) is 11.9 Å². The van der Waals surface area contributed by atoms with Crippen molar-refractivity contribution in [2.45, 2.75) is 12.1 Å². The average Bonchev–Trinajstić information content (AvgIpc) is 2.10. The van der Waals surface area contributed by atoms with Crippen LogP contribution in [0.3, 0.4) is 0 Å². The molecule has 1 aliphatic heterocycles. The fourth-order valence-electron chi connectivity index (χ4n) is 0.927. The molecule has 1 aliphatic rings. The van der Waals surface area contributed by atoms with E-state index in [9.17, 15) is 26.3 Å². The molecule has 0 N–H and O–H groups in total. The van der Waals surface area contributed by atoms with Crippen molar-refractivity contribution in [3.63, 3.8) is 0 Å². The normalized spacial score (nSPS) is 25.7. The van der Waals surface area contributed by atoms with E-state index in [1.165, 1.54) is 0 Å². The van der Waals surface area contributed by atoms with Gasteiger partial charge in [-0.1, -0.05) is 0 Å². The third-order valence-corrected chi connectivity index (χ3v) is 1.96. The van der Waals surface area contributed by atoms with Crippen molar-refractivity contribution >= 4 is 0 Å². The number of rotatable bonds is 0. The minimum atomic E-state index is -4.79. The molecule has 0 aliphatic carbocycles. The SMILES string of the molecule is CN1C(F)=C(F)N(C)C(F)(F)C1(F)F. The summed E-state index contributed by atoms with van der Waals surface area (Å²) in [6, 6.07) is -9.58. The molecule has 0 bridgehead atoms. The van der Waals surface area contributed by atoms with Crippen LogP contribution in [0.4, 0.5) is 26.3 Å². The lowest BCUT2D eigenvalue weighted by molar-refractivity contribution is -0.339. The Morgan fingerprint density at radius 1 is 0.786 bits per heavy atom. The van der Waals surface area contributed by atoms with E-state index in [2.05, 4.69) is 0 Å². The smallest absolute Gasteiger partial charge is 0.282 e. The van der Waals surface area contributed by atoms with Crippen LogP contribution in [-0.4, -0.2) is 36.0 Å². The second kappa shape index (κ2) is 2.71. The Hall–Kier alpha value is -1.08. The number of nitrogens with zero attached hydrogens (tertiary/aromatic N) is 2. The maximum atomic E-state index is 12.7. The first-order valence-electron chi connectivity index (χ1n) is 3.42. The van der Waals surface area contributed by atoms with Gasteiger partial charge in [0.25, 0.3) is 0 Å². The van der Waals surface area contributed by atoms with Crippen LogP contribution in [0.25, 0.3) is 0 Å². The molecule has 0 aromatic rings. The molecule has 0 saturated heterocycles. The summed E-state index contributed by atoms with van der Waals surface area (Å²) in [5.41, 5.74) is 0. The van der Waals surface area contributed by atoms with Gasteiger partial charge in [0.1, 0.15) is 0 Å². The monoisotopic (exact) mass is 220 g/mol. The van der Waals surface area contributed by atoms with E-state index in [0.717, 1.165) is 0 Å². The summed E-state index contributed by atoms with van der Waals surface area (Å²) in [4.78, 5) is -1.47. The first-order chi connectivity index (χ1) is 6.14. The van der Waals surface area contributed by atoms with Gasteiger partial charge >= 0.3 is 12.1 Å². The molecule has 1 rings (SSSR count). The van der Waals surface area contributed by atoms with Crippen LogP contribution in [0.5, 0.6) is 0 Å². The third-order valence-electron chi connectivity index (χ3n) is 1.96. The molecule has 1 heterocycles. The van der Waals surface area contributed by atoms with Crippen molar-refractivity contribution in [3.8, 4) is 0 Å². The number of hydrogen-bond acceptors (Lipinski definition) is 2. The Balaban J connectivity index is 3.31. The van der Waals surface area contributed by atoms with Gasteiger partial charge < -0.3 is 0 Å². The molecule has 0 aromatic heterocycles. The van der Waals surface area contributed by atoms with E-state index in [1.54, 1.807) is 0 Å². The summed E-state index contributed by atoms with van der Waals surface area (Å²) in [5.74, 6) is -4.05. The Morgan fingerprint density at radius 3 is 1.21 bits per heavy atom. The average molecular weight is 220 g/mol. The summed E-state index contributed by atoms with van der Waals surface area (Å²) < 4.78 is 76.2. The molecule has 0 aromatic carbocycles. The molecular weight excluding hydrogens is 214 g/mol. The predicted molar refractivity (Wildman–Crippen MR) is 34.7 cm³/mol. The Morgan fingerprint density at radius 2 is 1.00 bits per heavy atom. The second-order valence-corrected chi connectivity index (χ2v) is 2.78. The van der Waals surface area contributed by atoms with Gasteiger partial charge in [-0.25, -0.2) is 0 Å². The molecule has 82 valence electrons.